The number of nitrogens with zero attached hydrogens (tertiary/aromatic N) is 5. The highest BCUT2D eigenvalue weighted by atomic mass is 16.5. The molecule has 34 heavy (non-hydrogen) atoms. The monoisotopic (exact) mass is 459 g/mol. The Hall–Kier alpha value is -4.18. The lowest BCUT2D eigenvalue weighted by atomic mass is 10.2. The average Bonchev–Trinajstić information content (AvgIpc) is 3.33. The largest absolute Gasteiger partial charge is 0.482 e. The lowest BCUT2D eigenvalue weighted by Crippen LogP contribution is -2.44. The molecule has 1 aliphatic heterocycles. The van der Waals surface area contributed by atoms with E-state index in [2.05, 4.69) is 49.5 Å². The Morgan fingerprint density at radius 3 is 2.68 bits per heavy atom. The number of ether oxygens (including phenoxy) is 1. The van der Waals surface area contributed by atoms with Crippen molar-refractivity contribution in [2.24, 2.45) is 0 Å². The number of benzene rings is 2. The van der Waals surface area contributed by atoms with E-state index in [1.54, 1.807) is 24.4 Å². The molecule has 4 aromatic rings. The number of rotatable bonds is 7. The van der Waals surface area contributed by atoms with E-state index in [1.807, 2.05) is 18.2 Å². The minimum Gasteiger partial charge on any atom is -0.482 e. The van der Waals surface area contributed by atoms with Gasteiger partial charge in [0.25, 0.3) is 0 Å². The maximum atomic E-state index is 10.8. The summed E-state index contributed by atoms with van der Waals surface area (Å²) in [6.45, 7) is 3.74. The van der Waals surface area contributed by atoms with Crippen LogP contribution >= 0.6 is 0 Å². The van der Waals surface area contributed by atoms with Gasteiger partial charge in [0, 0.05) is 43.1 Å². The minimum atomic E-state index is -1.04. The Bertz CT molecular complexity index is 1300. The van der Waals surface area contributed by atoms with Gasteiger partial charge < -0.3 is 25.0 Å². The number of fused-ring (bicyclic) bond motifs is 1. The third-order valence-corrected chi connectivity index (χ3v) is 5.75. The van der Waals surface area contributed by atoms with E-state index in [1.165, 1.54) is 5.69 Å². The quantitative estimate of drug-likeness (QED) is 0.383. The second kappa shape index (κ2) is 9.36. The molecule has 10 heteroatoms. The number of hydrogen-bond acceptors (Lipinski definition) is 8. The molecule has 1 aliphatic rings. The normalized spacial score (nSPS) is 14.3. The molecule has 0 spiro atoms. The van der Waals surface area contributed by atoms with E-state index >= 15 is 0 Å². The zero-order valence-electron chi connectivity index (χ0n) is 18.7. The summed E-state index contributed by atoms with van der Waals surface area (Å²) >= 11 is 0. The van der Waals surface area contributed by atoms with Gasteiger partial charge in [0.05, 0.1) is 6.20 Å². The highest BCUT2D eigenvalue weighted by Crippen LogP contribution is 2.28. The van der Waals surface area contributed by atoms with Gasteiger partial charge in [-0.3, -0.25) is 5.10 Å². The van der Waals surface area contributed by atoms with Crippen LogP contribution in [0.15, 0.2) is 54.7 Å². The fourth-order valence-corrected chi connectivity index (χ4v) is 3.89. The number of aromatic amines is 1. The fraction of sp³-hybridized carbons (Fsp3) is 0.250. The first-order chi connectivity index (χ1) is 16.5. The number of hydrogen-bond donors (Lipinski definition) is 3. The molecule has 0 amide bonds. The molecule has 3 heterocycles. The predicted octanol–water partition coefficient (Wildman–Crippen LogP) is 2.98. The summed E-state index contributed by atoms with van der Waals surface area (Å²) in [6.07, 6.45) is 1.65. The van der Waals surface area contributed by atoms with Crippen LogP contribution in [0.25, 0.3) is 22.4 Å². The summed E-state index contributed by atoms with van der Waals surface area (Å²) in [5.41, 5.74) is 4.17. The van der Waals surface area contributed by atoms with Crippen molar-refractivity contribution < 1.29 is 14.6 Å². The van der Waals surface area contributed by atoms with Crippen LogP contribution in [0, 0.1) is 0 Å². The first kappa shape index (κ1) is 21.7. The van der Waals surface area contributed by atoms with Crippen molar-refractivity contribution in [1.29, 1.82) is 0 Å². The van der Waals surface area contributed by atoms with Crippen LogP contribution in [0.3, 0.4) is 0 Å². The second-order valence-electron chi connectivity index (χ2n) is 8.20. The van der Waals surface area contributed by atoms with Gasteiger partial charge in [0.2, 0.25) is 0 Å². The number of anilines is 3. The first-order valence-electron chi connectivity index (χ1n) is 11.0. The Morgan fingerprint density at radius 2 is 1.91 bits per heavy atom. The Morgan fingerprint density at radius 1 is 1.12 bits per heavy atom. The molecule has 1 saturated heterocycles. The molecular weight excluding hydrogens is 434 g/mol. The number of H-pyrrole nitrogens is 1. The van der Waals surface area contributed by atoms with E-state index in [4.69, 9.17) is 14.8 Å². The molecule has 2 aromatic carbocycles. The molecule has 0 aliphatic carbocycles. The van der Waals surface area contributed by atoms with Crippen molar-refractivity contribution in [1.82, 2.24) is 25.1 Å². The topological polar surface area (TPSA) is 120 Å². The molecule has 0 bridgehead atoms. The summed E-state index contributed by atoms with van der Waals surface area (Å²) < 4.78 is 5.30. The van der Waals surface area contributed by atoms with Gasteiger partial charge in [-0.2, -0.15) is 5.10 Å². The van der Waals surface area contributed by atoms with Crippen LogP contribution in [0.4, 0.5) is 17.2 Å². The lowest BCUT2D eigenvalue weighted by molar-refractivity contribution is -0.139. The highest BCUT2D eigenvalue weighted by Gasteiger charge is 2.15. The van der Waals surface area contributed by atoms with Crippen LogP contribution in [0.1, 0.15) is 0 Å². The van der Waals surface area contributed by atoms with Crippen molar-refractivity contribution in [2.45, 2.75) is 0 Å². The maximum absolute atomic E-state index is 10.8. The Kier molecular flexibility index (Phi) is 5.96. The number of piperazine rings is 1. The predicted molar refractivity (Wildman–Crippen MR) is 130 cm³/mol. The molecule has 2 aromatic heterocycles. The van der Waals surface area contributed by atoms with E-state index in [9.17, 15) is 4.79 Å². The molecule has 5 rings (SSSR count). The van der Waals surface area contributed by atoms with E-state index in [0.29, 0.717) is 34.0 Å². The van der Waals surface area contributed by atoms with Gasteiger partial charge in [0.1, 0.15) is 16.8 Å². The molecule has 0 atom stereocenters. The van der Waals surface area contributed by atoms with Crippen molar-refractivity contribution >= 4 is 34.2 Å². The zero-order chi connectivity index (χ0) is 23.5. The van der Waals surface area contributed by atoms with Crippen LogP contribution < -0.4 is 15.0 Å². The minimum absolute atomic E-state index is 0.415. The zero-order valence-corrected chi connectivity index (χ0v) is 18.7. The van der Waals surface area contributed by atoms with Crippen LogP contribution in [-0.2, 0) is 4.79 Å². The standard InChI is InChI=1S/C24H25N7O3/c1-30-9-11-31(12-10-30)18-7-5-17(6-8-18)26-24-22-20(14-25-29-22)27-23(28-24)16-3-2-4-19(13-16)34-15-21(32)33/h2-8,13-14H,9-12,15H2,1H3,(H,25,29)(H,32,33)(H,26,27,28). The van der Waals surface area contributed by atoms with E-state index < -0.39 is 12.6 Å². The summed E-state index contributed by atoms with van der Waals surface area (Å²) in [6, 6.07) is 15.4. The van der Waals surface area contributed by atoms with Gasteiger partial charge in [-0.05, 0) is 43.4 Å². The summed E-state index contributed by atoms with van der Waals surface area (Å²) in [4.78, 5) is 24.9. The summed E-state index contributed by atoms with van der Waals surface area (Å²) in [5, 5.41) is 19.3. The lowest BCUT2D eigenvalue weighted by Gasteiger charge is -2.34. The van der Waals surface area contributed by atoms with Crippen molar-refractivity contribution in [2.75, 3.05) is 50.1 Å². The molecule has 174 valence electrons. The number of likely N-dealkylation sites (N-methyl/N-ethyl adjacent to an activating group) is 1. The number of nitrogens with one attached hydrogen (secondary N) is 2. The van der Waals surface area contributed by atoms with Gasteiger partial charge in [0.15, 0.2) is 18.2 Å². The smallest absolute Gasteiger partial charge is 0.341 e. The van der Waals surface area contributed by atoms with Crippen LogP contribution in [0.5, 0.6) is 5.75 Å². The molecule has 1 fully saturated rings. The molecule has 0 saturated carbocycles. The third kappa shape index (κ3) is 4.76. The Balaban J connectivity index is 1.39. The van der Waals surface area contributed by atoms with Crippen LogP contribution in [0.2, 0.25) is 0 Å². The van der Waals surface area contributed by atoms with Gasteiger partial charge in [-0.1, -0.05) is 12.1 Å². The molecule has 0 unspecified atom stereocenters. The van der Waals surface area contributed by atoms with E-state index in [-0.39, 0.29) is 0 Å². The van der Waals surface area contributed by atoms with Gasteiger partial charge >= 0.3 is 5.97 Å². The number of carbonyl (C=O) groups is 1. The van der Waals surface area contributed by atoms with Crippen molar-refractivity contribution in [3.05, 3.63) is 54.7 Å². The van der Waals surface area contributed by atoms with Crippen molar-refractivity contribution in [3.8, 4) is 17.1 Å². The molecule has 0 radical (unpaired) electrons. The summed E-state index contributed by atoms with van der Waals surface area (Å²) in [5.74, 6) is 0.476. The van der Waals surface area contributed by atoms with Crippen molar-refractivity contribution in [3.63, 3.8) is 0 Å². The fourth-order valence-electron chi connectivity index (χ4n) is 3.89. The SMILES string of the molecule is CN1CCN(c2ccc(Nc3nc(-c4cccc(OCC(=O)O)c4)nc4cn[nH]c34)cc2)CC1. The molecule has 10 nitrogen and oxygen atoms in total. The van der Waals surface area contributed by atoms with E-state index in [0.717, 1.165) is 31.9 Å². The Labute approximate surface area is 196 Å². The number of aliphatic carboxylic acids is 1. The second-order valence-corrected chi connectivity index (χ2v) is 8.20. The summed E-state index contributed by atoms with van der Waals surface area (Å²) in [7, 11) is 2.15. The maximum Gasteiger partial charge on any atom is 0.341 e. The van der Waals surface area contributed by atoms with Gasteiger partial charge in [-0.25, -0.2) is 14.8 Å². The highest BCUT2D eigenvalue weighted by molar-refractivity contribution is 5.88. The first-order valence-corrected chi connectivity index (χ1v) is 11.0. The van der Waals surface area contributed by atoms with Gasteiger partial charge in [-0.15, -0.1) is 0 Å². The number of carboxylic acid groups (broad SMARTS) is 1. The third-order valence-electron chi connectivity index (χ3n) is 5.75. The average molecular weight is 460 g/mol. The molecular formula is C24H25N7O3. The number of aromatic nitrogens is 4. The van der Waals surface area contributed by atoms with Crippen LogP contribution in [-0.4, -0.2) is 76.0 Å². The molecule has 3 N–H and O–H groups in total. The number of carboxylic acids is 1.